The van der Waals surface area contributed by atoms with Gasteiger partial charge in [-0.25, -0.2) is 4.79 Å². The first-order chi connectivity index (χ1) is 11.1. The maximum absolute atomic E-state index is 11.9. The minimum atomic E-state index is -0.841. The molecule has 1 heterocycles. The molecule has 2 bridgehead atoms. The number of carboxylic acid groups (broad SMARTS) is 1. The van der Waals surface area contributed by atoms with E-state index in [1.165, 1.54) is 5.56 Å². The fourth-order valence-electron chi connectivity index (χ4n) is 4.40. The first-order valence-corrected chi connectivity index (χ1v) is 8.32. The van der Waals surface area contributed by atoms with Gasteiger partial charge in [-0.2, -0.15) is 0 Å². The zero-order chi connectivity index (χ0) is 16.0. The van der Waals surface area contributed by atoms with Gasteiger partial charge in [0.1, 0.15) is 0 Å². The first-order valence-electron chi connectivity index (χ1n) is 7.94. The Bertz CT molecular complexity index is 761. The molecule has 4 heteroatoms. The summed E-state index contributed by atoms with van der Waals surface area (Å²) in [5.74, 6) is 0.432. The summed E-state index contributed by atoms with van der Waals surface area (Å²) < 4.78 is 0. The molecule has 0 radical (unpaired) electrons. The van der Waals surface area contributed by atoms with Crippen molar-refractivity contribution in [1.29, 1.82) is 0 Å². The smallest absolute Gasteiger partial charge is 0.408 e. The van der Waals surface area contributed by atoms with Crippen LogP contribution in [0.2, 0.25) is 5.02 Å². The number of likely N-dealkylation sites (tertiary alicyclic amines) is 1. The van der Waals surface area contributed by atoms with E-state index in [2.05, 4.69) is 18.2 Å². The maximum atomic E-state index is 11.9. The average Bonchev–Trinajstić information content (AvgIpc) is 2.76. The van der Waals surface area contributed by atoms with Crippen molar-refractivity contribution in [2.24, 2.45) is 0 Å². The molecule has 1 N–H and O–H groups in total. The highest BCUT2D eigenvalue weighted by molar-refractivity contribution is 6.30. The van der Waals surface area contributed by atoms with E-state index < -0.39 is 11.6 Å². The minimum Gasteiger partial charge on any atom is -0.465 e. The van der Waals surface area contributed by atoms with Crippen molar-refractivity contribution in [3.05, 3.63) is 70.2 Å². The van der Waals surface area contributed by atoms with Gasteiger partial charge in [-0.1, -0.05) is 48.0 Å². The van der Waals surface area contributed by atoms with Gasteiger partial charge >= 0.3 is 6.09 Å². The lowest BCUT2D eigenvalue weighted by Gasteiger charge is -2.44. The number of halogens is 1. The molecule has 1 fully saturated rings. The average molecular weight is 328 g/mol. The summed E-state index contributed by atoms with van der Waals surface area (Å²) in [5.41, 5.74) is 3.04. The van der Waals surface area contributed by atoms with E-state index in [9.17, 15) is 9.90 Å². The van der Waals surface area contributed by atoms with Gasteiger partial charge in [-0.3, -0.25) is 4.90 Å². The molecule has 2 aromatic rings. The molecule has 1 saturated heterocycles. The molecule has 3 nitrogen and oxygen atoms in total. The van der Waals surface area contributed by atoms with Crippen molar-refractivity contribution in [1.82, 2.24) is 4.90 Å². The Balaban J connectivity index is 1.88. The van der Waals surface area contributed by atoms with E-state index in [1.807, 2.05) is 30.3 Å². The zero-order valence-corrected chi connectivity index (χ0v) is 13.5. The second kappa shape index (κ2) is 5.27. The highest BCUT2D eigenvalue weighted by Gasteiger charge is 2.52. The van der Waals surface area contributed by atoms with Crippen molar-refractivity contribution in [2.75, 3.05) is 6.54 Å². The second-order valence-corrected chi connectivity index (χ2v) is 6.99. The molecule has 0 aromatic heterocycles. The molecule has 1 amide bonds. The summed E-state index contributed by atoms with van der Waals surface area (Å²) in [6.07, 6.45) is 1.60. The monoisotopic (exact) mass is 327 g/mol. The summed E-state index contributed by atoms with van der Waals surface area (Å²) in [6.45, 7) is 0.582. The quantitative estimate of drug-likeness (QED) is 0.872. The molecular formula is C19H18ClNO2. The summed E-state index contributed by atoms with van der Waals surface area (Å²) in [4.78, 5) is 13.6. The number of fused-ring (bicyclic) bond motifs is 5. The Morgan fingerprint density at radius 2 is 2.04 bits per heavy atom. The second-order valence-electron chi connectivity index (χ2n) is 6.55. The Labute approximate surface area is 140 Å². The van der Waals surface area contributed by atoms with E-state index >= 15 is 0 Å². The van der Waals surface area contributed by atoms with Crippen LogP contribution in [0.1, 0.15) is 35.4 Å². The van der Waals surface area contributed by atoms with Crippen molar-refractivity contribution >= 4 is 17.7 Å². The zero-order valence-electron chi connectivity index (χ0n) is 12.7. The van der Waals surface area contributed by atoms with Crippen LogP contribution in [-0.4, -0.2) is 22.6 Å². The van der Waals surface area contributed by atoms with Gasteiger partial charge in [0, 0.05) is 18.0 Å². The summed E-state index contributed by atoms with van der Waals surface area (Å²) in [5, 5.41) is 10.5. The fraction of sp³-hybridized carbons (Fsp3) is 0.316. The van der Waals surface area contributed by atoms with Gasteiger partial charge in [0.15, 0.2) is 0 Å². The van der Waals surface area contributed by atoms with Crippen LogP contribution in [0.3, 0.4) is 0 Å². The molecule has 1 aliphatic carbocycles. The number of hydrogen-bond donors (Lipinski definition) is 1. The number of hydrogen-bond acceptors (Lipinski definition) is 1. The minimum absolute atomic E-state index is 0.432. The van der Waals surface area contributed by atoms with Crippen LogP contribution in [-0.2, 0) is 12.0 Å². The van der Waals surface area contributed by atoms with Crippen LogP contribution in [0, 0.1) is 0 Å². The van der Waals surface area contributed by atoms with Crippen molar-refractivity contribution in [3.8, 4) is 0 Å². The van der Waals surface area contributed by atoms with Crippen molar-refractivity contribution in [2.45, 2.75) is 30.7 Å². The molecule has 2 aliphatic rings. The van der Waals surface area contributed by atoms with E-state index in [-0.39, 0.29) is 0 Å². The third kappa shape index (κ3) is 2.22. The van der Waals surface area contributed by atoms with Crippen LogP contribution < -0.4 is 0 Å². The van der Waals surface area contributed by atoms with Crippen molar-refractivity contribution in [3.63, 3.8) is 0 Å². The van der Waals surface area contributed by atoms with Gasteiger partial charge in [0.25, 0.3) is 0 Å². The number of amides is 1. The van der Waals surface area contributed by atoms with Gasteiger partial charge in [-0.05, 0) is 47.6 Å². The standard InChI is InChI=1S/C19H18ClNO2/c20-15-6-7-16-14-8-9-21(18(22)23)19(12-14,17(16)10-15)11-13-4-2-1-3-5-13/h1-7,10,14H,8-9,11-12H2,(H,22,23). The Hall–Kier alpha value is -2.00. The SMILES string of the molecule is O=C(O)N1CCC2CC1(Cc1ccccc1)c1cc(Cl)ccc12. The molecule has 0 spiro atoms. The van der Waals surface area contributed by atoms with Crippen LogP contribution in [0.4, 0.5) is 4.79 Å². The number of rotatable bonds is 2. The molecule has 2 atom stereocenters. The predicted molar refractivity (Wildman–Crippen MR) is 90.0 cm³/mol. The predicted octanol–water partition coefficient (Wildman–Crippen LogP) is 4.65. The number of benzene rings is 2. The normalized spacial score (nSPS) is 25.3. The Morgan fingerprint density at radius 3 is 2.78 bits per heavy atom. The Kier molecular flexibility index (Phi) is 3.34. The molecule has 118 valence electrons. The number of nitrogens with zero attached hydrogens (tertiary/aromatic N) is 1. The molecule has 4 rings (SSSR count). The van der Waals surface area contributed by atoms with Crippen molar-refractivity contribution < 1.29 is 9.90 Å². The summed E-state index contributed by atoms with van der Waals surface area (Å²) in [7, 11) is 0. The van der Waals surface area contributed by atoms with Crippen LogP contribution >= 0.6 is 11.6 Å². The molecule has 2 unspecified atom stereocenters. The number of carbonyl (C=O) groups is 1. The van der Waals surface area contributed by atoms with Gasteiger partial charge in [-0.15, -0.1) is 0 Å². The van der Waals surface area contributed by atoms with Gasteiger partial charge < -0.3 is 5.11 Å². The van der Waals surface area contributed by atoms with E-state index in [4.69, 9.17) is 11.6 Å². The molecule has 1 aliphatic heterocycles. The van der Waals surface area contributed by atoms with Gasteiger partial charge in [0.2, 0.25) is 0 Å². The highest BCUT2D eigenvalue weighted by atomic mass is 35.5. The van der Waals surface area contributed by atoms with E-state index in [0.29, 0.717) is 23.9 Å². The topological polar surface area (TPSA) is 40.5 Å². The number of piperidine rings is 1. The molecule has 2 aromatic carbocycles. The van der Waals surface area contributed by atoms with E-state index in [0.717, 1.165) is 24.0 Å². The molecule has 23 heavy (non-hydrogen) atoms. The largest absolute Gasteiger partial charge is 0.465 e. The fourth-order valence-corrected chi connectivity index (χ4v) is 4.57. The maximum Gasteiger partial charge on any atom is 0.408 e. The lowest BCUT2D eigenvalue weighted by Crippen LogP contribution is -2.51. The summed E-state index contributed by atoms with van der Waals surface area (Å²) >= 11 is 6.24. The molecular weight excluding hydrogens is 310 g/mol. The first kappa shape index (κ1) is 14.6. The third-order valence-electron chi connectivity index (χ3n) is 5.33. The lowest BCUT2D eigenvalue weighted by molar-refractivity contribution is 0.0493. The van der Waals surface area contributed by atoms with Gasteiger partial charge in [0.05, 0.1) is 5.54 Å². The van der Waals surface area contributed by atoms with Crippen LogP contribution in [0.25, 0.3) is 0 Å². The third-order valence-corrected chi connectivity index (χ3v) is 5.56. The van der Waals surface area contributed by atoms with Crippen LogP contribution in [0.5, 0.6) is 0 Å². The van der Waals surface area contributed by atoms with Crippen LogP contribution in [0.15, 0.2) is 48.5 Å². The lowest BCUT2D eigenvalue weighted by atomic mass is 9.80. The van der Waals surface area contributed by atoms with E-state index in [1.54, 1.807) is 4.90 Å². The molecule has 0 saturated carbocycles. The summed E-state index contributed by atoms with van der Waals surface area (Å²) in [6, 6.07) is 16.1. The highest BCUT2D eigenvalue weighted by Crippen LogP contribution is 2.54. The Morgan fingerprint density at radius 1 is 1.26 bits per heavy atom.